The largest absolute Gasteiger partial charge is 0.338 e. The van der Waals surface area contributed by atoms with Crippen molar-refractivity contribution < 1.29 is 0 Å². The van der Waals surface area contributed by atoms with Crippen LogP contribution >= 0.6 is 0 Å². The SMILES string of the molecule is C[C@@H]1CCCN(c2nn[nH]n2)CC1. The fourth-order valence-corrected chi connectivity index (χ4v) is 1.75. The first kappa shape index (κ1) is 8.47. The molecule has 2 heterocycles. The van der Waals surface area contributed by atoms with Crippen LogP contribution in [0, 0.1) is 5.92 Å². The summed E-state index contributed by atoms with van der Waals surface area (Å²) < 4.78 is 0. The quantitative estimate of drug-likeness (QED) is 0.697. The van der Waals surface area contributed by atoms with Crippen LogP contribution in [0.25, 0.3) is 0 Å². The third-order valence-electron chi connectivity index (χ3n) is 2.63. The molecule has 1 saturated heterocycles. The molecule has 1 atom stereocenters. The van der Waals surface area contributed by atoms with E-state index in [1.165, 1.54) is 19.3 Å². The van der Waals surface area contributed by atoms with Gasteiger partial charge in [-0.25, -0.2) is 0 Å². The summed E-state index contributed by atoms with van der Waals surface area (Å²) in [6, 6.07) is 0. The Morgan fingerprint density at radius 1 is 1.38 bits per heavy atom. The summed E-state index contributed by atoms with van der Waals surface area (Å²) in [4.78, 5) is 2.20. The number of aromatic nitrogens is 4. The van der Waals surface area contributed by atoms with Gasteiger partial charge in [-0.05, 0) is 30.4 Å². The molecule has 1 aliphatic heterocycles. The van der Waals surface area contributed by atoms with E-state index in [0.29, 0.717) is 0 Å². The van der Waals surface area contributed by atoms with Gasteiger partial charge >= 0.3 is 0 Å². The molecular weight excluding hydrogens is 166 g/mol. The second-order valence-electron chi connectivity index (χ2n) is 3.73. The molecule has 5 heteroatoms. The van der Waals surface area contributed by atoms with Gasteiger partial charge in [-0.1, -0.05) is 12.0 Å². The van der Waals surface area contributed by atoms with Crippen molar-refractivity contribution in [2.24, 2.45) is 5.92 Å². The molecule has 1 N–H and O–H groups in total. The first-order valence-electron chi connectivity index (χ1n) is 4.84. The lowest BCUT2D eigenvalue weighted by Gasteiger charge is -2.16. The third kappa shape index (κ3) is 1.96. The summed E-state index contributed by atoms with van der Waals surface area (Å²) >= 11 is 0. The monoisotopic (exact) mass is 181 g/mol. The van der Waals surface area contributed by atoms with Gasteiger partial charge < -0.3 is 4.90 Å². The van der Waals surface area contributed by atoms with Crippen molar-refractivity contribution in [3.63, 3.8) is 0 Å². The van der Waals surface area contributed by atoms with E-state index in [1.807, 2.05) is 0 Å². The number of nitrogens with one attached hydrogen (secondary N) is 1. The number of hydrogen-bond acceptors (Lipinski definition) is 4. The molecule has 0 aromatic carbocycles. The standard InChI is InChI=1S/C8H15N5/c1-7-3-2-5-13(6-4-7)8-9-11-12-10-8/h7H,2-6H2,1H3,(H,9,10,11,12)/t7-/m1/s1. The van der Waals surface area contributed by atoms with Crippen LogP contribution in [0.1, 0.15) is 26.2 Å². The zero-order valence-electron chi connectivity index (χ0n) is 7.90. The molecule has 13 heavy (non-hydrogen) atoms. The molecule has 2 rings (SSSR count). The maximum absolute atomic E-state index is 3.99. The van der Waals surface area contributed by atoms with Gasteiger partial charge in [-0.2, -0.15) is 5.21 Å². The maximum Gasteiger partial charge on any atom is 0.265 e. The highest BCUT2D eigenvalue weighted by molar-refractivity contribution is 5.25. The zero-order chi connectivity index (χ0) is 9.10. The van der Waals surface area contributed by atoms with Gasteiger partial charge in [0, 0.05) is 13.1 Å². The molecule has 1 fully saturated rings. The average Bonchev–Trinajstić information content (AvgIpc) is 2.56. The van der Waals surface area contributed by atoms with Crippen LogP contribution in [-0.2, 0) is 0 Å². The van der Waals surface area contributed by atoms with Crippen LogP contribution in [0.15, 0.2) is 0 Å². The van der Waals surface area contributed by atoms with Crippen LogP contribution in [0.3, 0.4) is 0 Å². The second-order valence-corrected chi connectivity index (χ2v) is 3.73. The van der Waals surface area contributed by atoms with Crippen LogP contribution in [0.5, 0.6) is 0 Å². The number of nitrogens with zero attached hydrogens (tertiary/aromatic N) is 4. The predicted octanol–water partition coefficient (Wildman–Crippen LogP) is 0.826. The van der Waals surface area contributed by atoms with E-state index in [2.05, 4.69) is 32.4 Å². The third-order valence-corrected chi connectivity index (χ3v) is 2.63. The van der Waals surface area contributed by atoms with E-state index in [4.69, 9.17) is 0 Å². The van der Waals surface area contributed by atoms with Crippen molar-refractivity contribution in [2.75, 3.05) is 18.0 Å². The minimum Gasteiger partial charge on any atom is -0.338 e. The molecule has 0 spiro atoms. The van der Waals surface area contributed by atoms with Crippen LogP contribution in [0.4, 0.5) is 5.95 Å². The number of rotatable bonds is 1. The molecule has 1 aliphatic rings. The molecule has 0 radical (unpaired) electrons. The molecule has 0 saturated carbocycles. The lowest BCUT2D eigenvalue weighted by molar-refractivity contribution is 0.521. The smallest absolute Gasteiger partial charge is 0.265 e. The molecule has 0 unspecified atom stereocenters. The summed E-state index contributed by atoms with van der Waals surface area (Å²) in [7, 11) is 0. The number of anilines is 1. The van der Waals surface area contributed by atoms with Gasteiger partial charge in [0.25, 0.3) is 5.95 Å². The van der Waals surface area contributed by atoms with Crippen molar-refractivity contribution >= 4 is 5.95 Å². The fourth-order valence-electron chi connectivity index (χ4n) is 1.75. The molecule has 5 nitrogen and oxygen atoms in total. The van der Waals surface area contributed by atoms with Crippen molar-refractivity contribution in [3.8, 4) is 0 Å². The summed E-state index contributed by atoms with van der Waals surface area (Å²) in [6.45, 7) is 4.42. The average molecular weight is 181 g/mol. The van der Waals surface area contributed by atoms with Gasteiger partial charge in [-0.3, -0.25) is 0 Å². The Bertz CT molecular complexity index is 245. The summed E-state index contributed by atoms with van der Waals surface area (Å²) in [5.74, 6) is 1.58. The number of tetrazole rings is 1. The Morgan fingerprint density at radius 2 is 2.31 bits per heavy atom. The van der Waals surface area contributed by atoms with Crippen molar-refractivity contribution in [1.29, 1.82) is 0 Å². The zero-order valence-corrected chi connectivity index (χ0v) is 7.90. The normalized spacial score (nSPS) is 24.4. The first-order valence-corrected chi connectivity index (χ1v) is 4.84. The van der Waals surface area contributed by atoms with Gasteiger partial charge in [0.05, 0.1) is 0 Å². The van der Waals surface area contributed by atoms with E-state index in [-0.39, 0.29) is 0 Å². The Kier molecular flexibility index (Phi) is 2.42. The highest BCUT2D eigenvalue weighted by atomic mass is 15.5. The van der Waals surface area contributed by atoms with E-state index >= 15 is 0 Å². The Labute approximate surface area is 77.5 Å². The number of H-pyrrole nitrogens is 1. The Morgan fingerprint density at radius 3 is 3.08 bits per heavy atom. The van der Waals surface area contributed by atoms with E-state index < -0.39 is 0 Å². The van der Waals surface area contributed by atoms with Crippen LogP contribution < -0.4 is 4.90 Å². The van der Waals surface area contributed by atoms with E-state index in [0.717, 1.165) is 25.0 Å². The van der Waals surface area contributed by atoms with Gasteiger partial charge in [0.1, 0.15) is 0 Å². The minimum absolute atomic E-state index is 0.745. The lowest BCUT2D eigenvalue weighted by Crippen LogP contribution is -2.25. The van der Waals surface area contributed by atoms with Crippen molar-refractivity contribution in [3.05, 3.63) is 0 Å². The Hall–Kier alpha value is -1.13. The van der Waals surface area contributed by atoms with Crippen LogP contribution in [-0.4, -0.2) is 33.7 Å². The van der Waals surface area contributed by atoms with Gasteiger partial charge in [0.15, 0.2) is 0 Å². The maximum atomic E-state index is 3.99. The van der Waals surface area contributed by atoms with Crippen molar-refractivity contribution in [1.82, 2.24) is 20.6 Å². The van der Waals surface area contributed by atoms with E-state index in [1.54, 1.807) is 0 Å². The van der Waals surface area contributed by atoms with Gasteiger partial charge in [-0.15, -0.1) is 5.10 Å². The summed E-state index contributed by atoms with van der Waals surface area (Å²) in [5, 5.41) is 14.0. The number of hydrogen-bond donors (Lipinski definition) is 1. The minimum atomic E-state index is 0.745. The first-order chi connectivity index (χ1) is 6.36. The molecular formula is C8H15N5. The summed E-state index contributed by atoms with van der Waals surface area (Å²) in [5.41, 5.74) is 0. The second kappa shape index (κ2) is 3.72. The van der Waals surface area contributed by atoms with Crippen molar-refractivity contribution in [2.45, 2.75) is 26.2 Å². The van der Waals surface area contributed by atoms with E-state index in [9.17, 15) is 0 Å². The summed E-state index contributed by atoms with van der Waals surface area (Å²) in [6.07, 6.45) is 3.78. The Balaban J connectivity index is 2.00. The highest BCUT2D eigenvalue weighted by Gasteiger charge is 2.16. The lowest BCUT2D eigenvalue weighted by atomic mass is 10.0. The molecule has 1 aromatic rings. The van der Waals surface area contributed by atoms with Crippen LogP contribution in [0.2, 0.25) is 0 Å². The molecule has 72 valence electrons. The fraction of sp³-hybridized carbons (Fsp3) is 0.875. The molecule has 0 amide bonds. The number of aromatic amines is 1. The molecule has 0 bridgehead atoms. The predicted molar refractivity (Wildman–Crippen MR) is 49.4 cm³/mol. The van der Waals surface area contributed by atoms with Gasteiger partial charge in [0.2, 0.25) is 0 Å². The highest BCUT2D eigenvalue weighted by Crippen LogP contribution is 2.18. The molecule has 1 aromatic heterocycles. The molecule has 0 aliphatic carbocycles. The topological polar surface area (TPSA) is 57.7 Å².